The number of aliphatic hydroxyl groups excluding tert-OH is 1. The maximum Gasteiger partial charge on any atom is 0.319 e. The molecule has 2 aromatic carbocycles. The number of pyridine rings is 1. The van der Waals surface area contributed by atoms with Crippen molar-refractivity contribution in [3.8, 4) is 23.0 Å². The van der Waals surface area contributed by atoms with Crippen LogP contribution in [0.2, 0.25) is 0 Å². The van der Waals surface area contributed by atoms with E-state index < -0.39 is 23.3 Å². The Morgan fingerprint density at radius 1 is 1.02 bits per heavy atom. The molecule has 5 fully saturated rings. The maximum atomic E-state index is 17.3. The first-order valence-electron chi connectivity index (χ1n) is 21.0. The Kier molecular flexibility index (Phi) is 10.3. The maximum absolute atomic E-state index is 17.3. The number of aryl methyl sites for hydroxylation is 1. The van der Waals surface area contributed by atoms with Gasteiger partial charge in [0.1, 0.15) is 34.2 Å². The number of likely N-dealkylation sites (tertiary alicyclic amines) is 1. The number of rotatable bonds is 8. The molecule has 57 heavy (non-hydrogen) atoms. The van der Waals surface area contributed by atoms with E-state index in [-0.39, 0.29) is 65.6 Å². The standard InChI is InChI=1S/C44H55F2N5O6/c1-3-31-34(45)8-7-27-18-29(53)19-32(36(27)31)38-37(46)39-33(20-47-38)40(50-21-30(22-52)56-24-42(2,54)23-50)49-41(48-39)57-26-44-11-4-6-35(44)51(16-5-12-44)28-9-13-43(14-10-28)15-17-55-25-43/h7-8,18-20,28,30,35,52-54H,3-6,9-17,21-26H2,1-2H3. The minimum atomic E-state index is -1.31. The minimum Gasteiger partial charge on any atom is -0.508 e. The lowest BCUT2D eigenvalue weighted by Crippen LogP contribution is -2.56. The van der Waals surface area contributed by atoms with Gasteiger partial charge in [-0.1, -0.05) is 19.4 Å². The molecule has 9 rings (SSSR count). The van der Waals surface area contributed by atoms with Gasteiger partial charge in [0.15, 0.2) is 5.82 Å². The van der Waals surface area contributed by atoms with Crippen molar-refractivity contribution in [2.45, 2.75) is 108 Å². The fourth-order valence-corrected chi connectivity index (χ4v) is 11.1. The topological polar surface area (TPSA) is 134 Å². The zero-order valence-electron chi connectivity index (χ0n) is 33.1. The molecule has 0 bridgehead atoms. The minimum absolute atomic E-state index is 0.00504. The van der Waals surface area contributed by atoms with Crippen molar-refractivity contribution in [1.82, 2.24) is 19.9 Å². The van der Waals surface area contributed by atoms with Crippen molar-refractivity contribution in [2.75, 3.05) is 57.6 Å². The number of phenols is 1. The number of piperidine rings is 1. The van der Waals surface area contributed by atoms with Crippen LogP contribution in [-0.4, -0.2) is 112 Å². The van der Waals surface area contributed by atoms with Crippen LogP contribution >= 0.6 is 0 Å². The third-order valence-electron chi connectivity index (χ3n) is 14.0. The van der Waals surface area contributed by atoms with Crippen LogP contribution in [0.1, 0.15) is 83.6 Å². The van der Waals surface area contributed by atoms with Gasteiger partial charge in [-0.2, -0.15) is 9.97 Å². The van der Waals surface area contributed by atoms with Crippen molar-refractivity contribution < 1.29 is 38.3 Å². The van der Waals surface area contributed by atoms with Crippen LogP contribution in [0.5, 0.6) is 11.8 Å². The number of anilines is 1. The van der Waals surface area contributed by atoms with Crippen molar-refractivity contribution in [2.24, 2.45) is 10.8 Å². The Hall–Kier alpha value is -3.75. The number of ether oxygens (including phenoxy) is 3. The third-order valence-corrected chi connectivity index (χ3v) is 14.0. The van der Waals surface area contributed by atoms with Gasteiger partial charge in [-0.3, -0.25) is 9.88 Å². The predicted octanol–water partition coefficient (Wildman–Crippen LogP) is 6.70. The highest BCUT2D eigenvalue weighted by Crippen LogP contribution is 2.52. The quantitative estimate of drug-likeness (QED) is 0.176. The van der Waals surface area contributed by atoms with Gasteiger partial charge in [0.2, 0.25) is 0 Å². The first kappa shape index (κ1) is 38.8. The molecular formula is C44H55F2N5O6. The molecule has 3 saturated heterocycles. The lowest BCUT2D eigenvalue weighted by molar-refractivity contribution is -0.0528. The Labute approximate surface area is 332 Å². The smallest absolute Gasteiger partial charge is 0.319 e. The molecule has 2 saturated carbocycles. The van der Waals surface area contributed by atoms with E-state index in [2.05, 4.69) is 9.88 Å². The number of halogens is 2. The van der Waals surface area contributed by atoms with Crippen molar-refractivity contribution in [1.29, 1.82) is 0 Å². The second kappa shape index (κ2) is 15.1. The molecule has 13 heteroatoms. The van der Waals surface area contributed by atoms with Crippen molar-refractivity contribution >= 4 is 27.5 Å². The Balaban J connectivity index is 1.10. The number of benzene rings is 2. The second-order valence-electron chi connectivity index (χ2n) is 17.9. The first-order valence-corrected chi connectivity index (χ1v) is 21.0. The normalized spacial score (nSPS) is 31.0. The first-order chi connectivity index (χ1) is 27.5. The molecule has 4 unspecified atom stereocenters. The summed E-state index contributed by atoms with van der Waals surface area (Å²) in [6, 6.07) is 6.81. The number of nitrogens with zero attached hydrogens (tertiary/aromatic N) is 5. The molecule has 0 amide bonds. The van der Waals surface area contributed by atoms with Gasteiger partial charge in [-0.25, -0.2) is 8.78 Å². The van der Waals surface area contributed by atoms with E-state index in [1.165, 1.54) is 56.5 Å². The van der Waals surface area contributed by atoms with Crippen molar-refractivity contribution in [3.63, 3.8) is 0 Å². The Morgan fingerprint density at radius 3 is 2.61 bits per heavy atom. The van der Waals surface area contributed by atoms with Crippen LogP contribution in [0.25, 0.3) is 32.9 Å². The summed E-state index contributed by atoms with van der Waals surface area (Å²) in [7, 11) is 0. The number of aromatic hydroxyl groups is 1. The van der Waals surface area contributed by atoms with E-state index in [1.807, 2.05) is 6.92 Å². The molecule has 2 aromatic heterocycles. The highest BCUT2D eigenvalue weighted by Gasteiger charge is 2.51. The van der Waals surface area contributed by atoms with Crippen LogP contribution in [0.4, 0.5) is 14.6 Å². The fourth-order valence-electron chi connectivity index (χ4n) is 11.1. The van der Waals surface area contributed by atoms with Gasteiger partial charge in [0, 0.05) is 42.4 Å². The fraction of sp³-hybridized carbons (Fsp3) is 0.614. The van der Waals surface area contributed by atoms with Gasteiger partial charge in [0.25, 0.3) is 0 Å². The molecule has 2 aliphatic carbocycles. The van der Waals surface area contributed by atoms with Crippen LogP contribution in [0.15, 0.2) is 30.5 Å². The largest absolute Gasteiger partial charge is 0.508 e. The summed E-state index contributed by atoms with van der Waals surface area (Å²) in [6.45, 7) is 6.72. The van der Waals surface area contributed by atoms with Crippen LogP contribution in [-0.2, 0) is 15.9 Å². The molecule has 4 aromatic rings. The average Bonchev–Trinajstić information content (AvgIpc) is 3.82. The van der Waals surface area contributed by atoms with E-state index >= 15 is 8.78 Å². The number of β-amino-alcohol motifs (C(OH)–C–C–N with tert-alkyl or cyclic N) is 1. The monoisotopic (exact) mass is 787 g/mol. The number of hydrogen-bond acceptors (Lipinski definition) is 11. The van der Waals surface area contributed by atoms with Crippen LogP contribution in [0, 0.1) is 22.5 Å². The second-order valence-corrected chi connectivity index (χ2v) is 17.9. The number of fused-ring (bicyclic) bond motifs is 3. The lowest BCUT2D eigenvalue weighted by Gasteiger charge is -2.51. The van der Waals surface area contributed by atoms with Gasteiger partial charge >= 0.3 is 6.01 Å². The summed E-state index contributed by atoms with van der Waals surface area (Å²) in [5.74, 6) is -0.988. The van der Waals surface area contributed by atoms with E-state index in [4.69, 9.17) is 24.2 Å². The molecule has 0 radical (unpaired) electrons. The number of hydrogen-bond donors (Lipinski definition) is 3. The molecule has 4 atom stereocenters. The van der Waals surface area contributed by atoms with Gasteiger partial charge in [0.05, 0.1) is 44.5 Å². The molecule has 306 valence electrons. The molecule has 5 aliphatic rings. The highest BCUT2D eigenvalue weighted by atomic mass is 19.1. The number of aliphatic hydroxyl groups is 2. The van der Waals surface area contributed by atoms with Crippen LogP contribution in [0.3, 0.4) is 0 Å². The number of phenolic OH excluding ortho intramolecular Hbond substituents is 1. The molecule has 1 spiro atoms. The average molecular weight is 788 g/mol. The molecule has 5 heterocycles. The predicted molar refractivity (Wildman–Crippen MR) is 213 cm³/mol. The van der Waals surface area contributed by atoms with Gasteiger partial charge in [-0.05, 0) is 118 Å². The van der Waals surface area contributed by atoms with Gasteiger partial charge < -0.3 is 34.4 Å². The van der Waals surface area contributed by atoms with Crippen molar-refractivity contribution in [3.05, 3.63) is 47.7 Å². The Bertz CT molecular complexity index is 2140. The summed E-state index contributed by atoms with van der Waals surface area (Å²) in [5, 5.41) is 33.5. The third kappa shape index (κ3) is 7.11. The van der Waals surface area contributed by atoms with Gasteiger partial charge in [-0.15, -0.1) is 0 Å². The summed E-state index contributed by atoms with van der Waals surface area (Å²) < 4.78 is 50.8. The van der Waals surface area contributed by atoms with E-state index in [1.54, 1.807) is 17.9 Å². The Morgan fingerprint density at radius 2 is 1.84 bits per heavy atom. The van der Waals surface area contributed by atoms with Crippen LogP contribution < -0.4 is 9.64 Å². The highest BCUT2D eigenvalue weighted by molar-refractivity contribution is 6.01. The number of aromatic nitrogens is 3. The zero-order chi connectivity index (χ0) is 39.5. The zero-order valence-corrected chi connectivity index (χ0v) is 33.1. The molecular weight excluding hydrogens is 733 g/mol. The molecule has 3 N–H and O–H groups in total. The van der Waals surface area contributed by atoms with E-state index in [0.717, 1.165) is 51.9 Å². The van der Waals surface area contributed by atoms with E-state index in [9.17, 15) is 15.3 Å². The SMILES string of the molecule is CCc1c(F)ccc2cc(O)cc(-c3ncc4c(N5CC(CO)OCC(C)(O)C5)nc(OCC56CCCC5N(C5CCC7(CCOC7)CC5)CCC6)nc4c3F)c12. The summed E-state index contributed by atoms with van der Waals surface area (Å²) in [4.78, 5) is 18.8. The summed E-state index contributed by atoms with van der Waals surface area (Å²) in [5.41, 5.74) is -0.522. The molecule has 3 aliphatic heterocycles. The molecule has 11 nitrogen and oxygen atoms in total. The summed E-state index contributed by atoms with van der Waals surface area (Å²) >= 11 is 0. The lowest BCUT2D eigenvalue weighted by atomic mass is 9.69. The van der Waals surface area contributed by atoms with E-state index in [0.29, 0.717) is 52.7 Å². The summed E-state index contributed by atoms with van der Waals surface area (Å²) in [6.07, 6.45) is 12.6.